The van der Waals surface area contributed by atoms with Crippen LogP contribution in [0.5, 0.6) is 5.75 Å². The van der Waals surface area contributed by atoms with E-state index < -0.39 is 16.1 Å². The lowest BCUT2D eigenvalue weighted by Crippen LogP contribution is -2.09. The molecule has 30 heavy (non-hydrogen) atoms. The molecule has 6 nitrogen and oxygen atoms in total. The van der Waals surface area contributed by atoms with E-state index in [2.05, 4.69) is 5.16 Å². The Balaban J connectivity index is 1.55. The van der Waals surface area contributed by atoms with E-state index >= 15 is 0 Å². The third-order valence-electron chi connectivity index (χ3n) is 4.24. The Morgan fingerprint density at radius 1 is 0.900 bits per heavy atom. The minimum absolute atomic E-state index is 0.00416. The SMILES string of the molecule is O=C1ON=C(c2ccccc2)/C1=C/c1ccc(OS(=O)(=O)c2ccc(Cl)cc2)cc1. The van der Waals surface area contributed by atoms with Crippen molar-refractivity contribution in [2.45, 2.75) is 4.90 Å². The molecular formula is C22H14ClNO5S. The molecule has 0 fully saturated rings. The number of carbonyl (C=O) groups excluding carboxylic acids is 1. The molecule has 0 saturated heterocycles. The maximum absolute atomic E-state index is 12.4. The number of carbonyl (C=O) groups is 1. The van der Waals surface area contributed by atoms with Gasteiger partial charge in [-0.2, -0.15) is 8.42 Å². The van der Waals surface area contributed by atoms with Crippen LogP contribution in [0.25, 0.3) is 6.08 Å². The van der Waals surface area contributed by atoms with Crippen LogP contribution in [0.15, 0.2) is 94.5 Å². The molecule has 1 aliphatic rings. The molecule has 0 spiro atoms. The molecule has 1 aliphatic heterocycles. The fourth-order valence-corrected chi connectivity index (χ4v) is 3.83. The molecule has 0 bridgehead atoms. The van der Waals surface area contributed by atoms with Gasteiger partial charge in [-0.25, -0.2) is 4.79 Å². The van der Waals surface area contributed by atoms with Gasteiger partial charge in [0.1, 0.15) is 16.4 Å². The second-order valence-corrected chi connectivity index (χ2v) is 8.29. The third-order valence-corrected chi connectivity index (χ3v) is 5.75. The van der Waals surface area contributed by atoms with Crippen LogP contribution >= 0.6 is 11.6 Å². The van der Waals surface area contributed by atoms with Crippen LogP contribution in [-0.2, 0) is 19.8 Å². The fraction of sp³-hybridized carbons (Fsp3) is 0. The van der Waals surface area contributed by atoms with Crippen LogP contribution in [0.4, 0.5) is 0 Å². The molecule has 150 valence electrons. The van der Waals surface area contributed by atoms with Gasteiger partial charge in [0.2, 0.25) is 0 Å². The van der Waals surface area contributed by atoms with E-state index in [-0.39, 0.29) is 10.6 Å². The van der Waals surface area contributed by atoms with Gasteiger partial charge in [-0.15, -0.1) is 0 Å². The highest BCUT2D eigenvalue weighted by Gasteiger charge is 2.26. The zero-order valence-corrected chi connectivity index (χ0v) is 16.9. The maximum Gasteiger partial charge on any atom is 0.368 e. The first-order chi connectivity index (χ1) is 14.4. The number of benzene rings is 3. The van der Waals surface area contributed by atoms with Gasteiger partial charge < -0.3 is 9.02 Å². The van der Waals surface area contributed by atoms with Crippen molar-refractivity contribution in [3.05, 3.63) is 101 Å². The Kier molecular flexibility index (Phi) is 5.39. The maximum atomic E-state index is 12.4. The normalized spacial score (nSPS) is 15.0. The summed E-state index contributed by atoms with van der Waals surface area (Å²) in [6, 6.07) is 21.1. The predicted octanol–water partition coefficient (Wildman–Crippen LogP) is 4.45. The molecule has 0 atom stereocenters. The quantitative estimate of drug-likeness (QED) is 0.333. The van der Waals surface area contributed by atoms with Crippen LogP contribution in [-0.4, -0.2) is 20.1 Å². The molecule has 3 aromatic carbocycles. The van der Waals surface area contributed by atoms with Gasteiger partial charge in [-0.3, -0.25) is 0 Å². The van der Waals surface area contributed by atoms with E-state index in [1.54, 1.807) is 18.2 Å². The van der Waals surface area contributed by atoms with E-state index in [4.69, 9.17) is 20.6 Å². The van der Waals surface area contributed by atoms with Crippen molar-refractivity contribution >= 4 is 39.5 Å². The molecule has 0 amide bonds. The van der Waals surface area contributed by atoms with E-state index in [1.165, 1.54) is 36.4 Å². The first-order valence-electron chi connectivity index (χ1n) is 8.79. The highest BCUT2D eigenvalue weighted by molar-refractivity contribution is 7.87. The summed E-state index contributed by atoms with van der Waals surface area (Å²) in [4.78, 5) is 16.9. The zero-order valence-electron chi connectivity index (χ0n) is 15.4. The van der Waals surface area contributed by atoms with Gasteiger partial charge in [0, 0.05) is 10.6 Å². The molecule has 0 unspecified atom stereocenters. The molecule has 0 saturated carbocycles. The summed E-state index contributed by atoms with van der Waals surface area (Å²) in [5.74, 6) is -0.419. The van der Waals surface area contributed by atoms with Crippen molar-refractivity contribution in [1.29, 1.82) is 0 Å². The molecule has 1 heterocycles. The van der Waals surface area contributed by atoms with Crippen LogP contribution in [0.1, 0.15) is 11.1 Å². The zero-order chi connectivity index (χ0) is 21.1. The molecule has 4 rings (SSSR count). The van der Waals surface area contributed by atoms with Crippen molar-refractivity contribution in [3.63, 3.8) is 0 Å². The smallest absolute Gasteiger partial charge is 0.368 e. The molecule has 0 aromatic heterocycles. The van der Waals surface area contributed by atoms with Crippen molar-refractivity contribution in [2.75, 3.05) is 0 Å². The van der Waals surface area contributed by atoms with E-state index in [0.717, 1.165) is 5.56 Å². The summed E-state index contributed by atoms with van der Waals surface area (Å²) in [5.41, 5.74) is 2.15. The van der Waals surface area contributed by atoms with Gasteiger partial charge in [0.15, 0.2) is 0 Å². The molecule has 0 radical (unpaired) electrons. The minimum atomic E-state index is -3.99. The lowest BCUT2D eigenvalue weighted by molar-refractivity contribution is -0.136. The molecule has 0 aliphatic carbocycles. The lowest BCUT2D eigenvalue weighted by Gasteiger charge is -2.07. The first kappa shape index (κ1) is 19.9. The molecule has 3 aromatic rings. The highest BCUT2D eigenvalue weighted by Crippen LogP contribution is 2.24. The Morgan fingerprint density at radius 2 is 1.57 bits per heavy atom. The summed E-state index contributed by atoms with van der Waals surface area (Å²) < 4.78 is 29.9. The topological polar surface area (TPSA) is 82.0 Å². The lowest BCUT2D eigenvalue weighted by atomic mass is 10.0. The molecule has 8 heteroatoms. The molecule has 0 N–H and O–H groups in total. The Hall–Kier alpha value is -3.42. The number of hydrogen-bond acceptors (Lipinski definition) is 6. The summed E-state index contributed by atoms with van der Waals surface area (Å²) in [6.45, 7) is 0. The van der Waals surface area contributed by atoms with Crippen LogP contribution in [0.2, 0.25) is 5.02 Å². The van der Waals surface area contributed by atoms with Crippen molar-refractivity contribution < 1.29 is 22.2 Å². The summed E-state index contributed by atoms with van der Waals surface area (Å²) >= 11 is 5.79. The van der Waals surface area contributed by atoms with Crippen LogP contribution in [0.3, 0.4) is 0 Å². The number of hydrogen-bond donors (Lipinski definition) is 0. The third kappa shape index (κ3) is 4.27. The largest absolute Gasteiger partial charge is 0.379 e. The number of oxime groups is 1. The number of nitrogens with zero attached hydrogens (tertiary/aromatic N) is 1. The number of rotatable bonds is 5. The average Bonchev–Trinajstić information content (AvgIpc) is 3.10. The predicted molar refractivity (Wildman–Crippen MR) is 113 cm³/mol. The van der Waals surface area contributed by atoms with Gasteiger partial charge in [-0.05, 0) is 48.0 Å². The Bertz CT molecular complexity index is 1250. The summed E-state index contributed by atoms with van der Waals surface area (Å²) in [5, 5.41) is 4.28. The Labute approximate surface area is 178 Å². The second-order valence-electron chi connectivity index (χ2n) is 6.30. The van der Waals surface area contributed by atoms with Crippen LogP contribution < -0.4 is 4.18 Å². The van der Waals surface area contributed by atoms with Gasteiger partial charge in [-0.1, -0.05) is 59.2 Å². The highest BCUT2D eigenvalue weighted by atomic mass is 35.5. The van der Waals surface area contributed by atoms with E-state index in [9.17, 15) is 13.2 Å². The van der Waals surface area contributed by atoms with Crippen molar-refractivity contribution in [3.8, 4) is 5.75 Å². The fourth-order valence-electron chi connectivity index (χ4n) is 2.78. The van der Waals surface area contributed by atoms with Crippen molar-refractivity contribution in [2.24, 2.45) is 5.16 Å². The monoisotopic (exact) mass is 439 g/mol. The van der Waals surface area contributed by atoms with Crippen LogP contribution in [0, 0.1) is 0 Å². The van der Waals surface area contributed by atoms with Gasteiger partial charge >= 0.3 is 16.1 Å². The standard InChI is InChI=1S/C22H14ClNO5S/c23-17-8-12-19(13-9-17)30(26,27)29-18-10-6-15(7-11-18)14-20-21(24-28-22(20)25)16-4-2-1-3-5-16/h1-14H/b20-14-. The number of halogens is 1. The molecular weight excluding hydrogens is 426 g/mol. The Morgan fingerprint density at radius 3 is 2.23 bits per heavy atom. The van der Waals surface area contributed by atoms with Crippen molar-refractivity contribution in [1.82, 2.24) is 0 Å². The van der Waals surface area contributed by atoms with Gasteiger partial charge in [0.25, 0.3) is 0 Å². The van der Waals surface area contributed by atoms with E-state index in [0.29, 0.717) is 21.9 Å². The summed E-state index contributed by atoms with van der Waals surface area (Å²) in [6.07, 6.45) is 1.62. The van der Waals surface area contributed by atoms with E-state index in [1.807, 2.05) is 30.3 Å². The second kappa shape index (κ2) is 8.14. The average molecular weight is 440 g/mol. The first-order valence-corrected chi connectivity index (χ1v) is 10.6. The minimum Gasteiger partial charge on any atom is -0.379 e. The summed E-state index contributed by atoms with van der Waals surface area (Å²) in [7, 11) is -3.99. The van der Waals surface area contributed by atoms with Gasteiger partial charge in [0.05, 0.1) is 5.57 Å².